The van der Waals surface area contributed by atoms with Gasteiger partial charge in [0, 0.05) is 45.7 Å². The van der Waals surface area contributed by atoms with E-state index in [1.807, 2.05) is 0 Å². The molecule has 486 valence electrons. The largest absolute Gasteiger partial charge is 0.507 e. The number of ether oxygens (including phenoxy) is 2. The molecule has 10 aromatic rings. The van der Waals surface area contributed by atoms with E-state index in [9.17, 15) is 90.4 Å². The van der Waals surface area contributed by atoms with Crippen LogP contribution in [-0.2, 0) is 50.6 Å². The van der Waals surface area contributed by atoms with Crippen molar-refractivity contribution in [1.82, 2.24) is 0 Å². The van der Waals surface area contributed by atoms with Crippen LogP contribution >= 0.6 is 0 Å². The summed E-state index contributed by atoms with van der Waals surface area (Å²) in [5.74, 6) is -2.55. The molecule has 31 nitrogen and oxygen atoms in total. The number of hydrogen-bond donors (Lipinski definition) is 11. The molecule has 0 aromatic heterocycles. The van der Waals surface area contributed by atoms with E-state index in [0.717, 1.165) is 30.3 Å². The molecule has 0 amide bonds. The molecule has 11 N–H and O–H groups in total. The van der Waals surface area contributed by atoms with Crippen LogP contribution in [0.1, 0.15) is 11.1 Å². The van der Waals surface area contributed by atoms with Crippen molar-refractivity contribution in [3.05, 3.63) is 145 Å². The molecule has 94 heavy (non-hydrogen) atoms. The van der Waals surface area contributed by atoms with Gasteiger partial charge in [0.2, 0.25) is 0 Å². The molecule has 10 rings (SSSR count). The van der Waals surface area contributed by atoms with Crippen molar-refractivity contribution in [2.75, 3.05) is 31.7 Å². The number of azo groups is 4. The van der Waals surface area contributed by atoms with Crippen LogP contribution in [0.4, 0.5) is 56.9 Å². The number of hydrogen-bond acceptors (Lipinski definition) is 26. The molecule has 0 heterocycles. The predicted molar refractivity (Wildman–Crippen MR) is 337 cm³/mol. The molecular formula is C58H47N9O22S5. The number of phenolic OH excluding ortho intramolecular Hbond substituents is 3. The Hall–Kier alpha value is -10.1. The van der Waals surface area contributed by atoms with E-state index in [-0.39, 0.29) is 107 Å². The van der Waals surface area contributed by atoms with Gasteiger partial charge in [-0.3, -0.25) is 22.8 Å². The van der Waals surface area contributed by atoms with Gasteiger partial charge in [-0.15, -0.1) is 30.7 Å². The van der Waals surface area contributed by atoms with E-state index < -0.39 is 118 Å². The number of rotatable bonds is 21. The average Bonchev–Trinajstić information content (AvgIpc) is 0.780. The highest BCUT2D eigenvalue weighted by Crippen LogP contribution is 2.47. The summed E-state index contributed by atoms with van der Waals surface area (Å²) >= 11 is 0. The minimum Gasteiger partial charge on any atom is -0.507 e. The van der Waals surface area contributed by atoms with E-state index in [4.69, 9.17) is 9.47 Å². The Bertz CT molecular complexity index is 5560. The molecule has 0 radical (unpaired) electrons. The maximum Gasteiger partial charge on any atom is 0.296 e. The molecule has 36 heteroatoms. The van der Waals surface area contributed by atoms with Crippen molar-refractivity contribution < 1.29 is 99.9 Å². The summed E-state index contributed by atoms with van der Waals surface area (Å²) in [6, 6.07) is 27.6. The third kappa shape index (κ3) is 14.4. The van der Waals surface area contributed by atoms with Gasteiger partial charge >= 0.3 is 0 Å². The first-order chi connectivity index (χ1) is 44.2. The average molecular weight is 1380 g/mol. The highest BCUT2D eigenvalue weighted by atomic mass is 32.2. The number of aliphatic hydroxyl groups excluding tert-OH is 2. The van der Waals surface area contributed by atoms with Crippen LogP contribution in [0.15, 0.2) is 199 Å². The number of anilines is 2. The Morgan fingerprint density at radius 2 is 0.830 bits per heavy atom. The fraction of sp³-hybridized carbons (Fsp3) is 0.103. The van der Waals surface area contributed by atoms with E-state index >= 15 is 0 Å². The number of nitrogens with one attached hydrogen (secondary N) is 1. The van der Waals surface area contributed by atoms with Gasteiger partial charge in [0.1, 0.15) is 63.0 Å². The quantitative estimate of drug-likeness (QED) is 0.0235. The highest BCUT2D eigenvalue weighted by Gasteiger charge is 2.26. The molecule has 0 bridgehead atoms. The van der Waals surface area contributed by atoms with Gasteiger partial charge in [-0.1, -0.05) is 18.2 Å². The van der Waals surface area contributed by atoms with Crippen LogP contribution < -0.4 is 14.8 Å². The van der Waals surface area contributed by atoms with Crippen molar-refractivity contribution >= 4 is 151 Å². The number of aryl methyl sites for hydroxylation is 2. The predicted octanol–water partition coefficient (Wildman–Crippen LogP) is 12.4. The lowest BCUT2D eigenvalue weighted by Gasteiger charge is -2.14. The first kappa shape index (κ1) is 66.8. The molecule has 0 aliphatic carbocycles. The highest BCUT2D eigenvalue weighted by molar-refractivity contribution is 7.87. The van der Waals surface area contributed by atoms with Crippen molar-refractivity contribution in [2.45, 2.75) is 38.3 Å². The molecule has 10 aromatic carbocycles. The lowest BCUT2D eigenvalue weighted by atomic mass is 10.1. The second-order valence-electron chi connectivity index (χ2n) is 20.3. The molecule has 0 aliphatic heterocycles. The van der Waals surface area contributed by atoms with Crippen LogP contribution in [-0.4, -0.2) is 117 Å². The minimum atomic E-state index is -5.22. The molecule has 0 unspecified atom stereocenters. The molecule has 0 saturated carbocycles. The Labute approximate surface area is 531 Å². The number of benzene rings is 10. The summed E-state index contributed by atoms with van der Waals surface area (Å²) in [5.41, 5.74) is -0.603. The number of nitrogens with zero attached hydrogens (tertiary/aromatic N) is 8. The Kier molecular flexibility index (Phi) is 18.3. The normalized spacial score (nSPS) is 12.9. The van der Waals surface area contributed by atoms with E-state index in [0.29, 0.717) is 22.4 Å². The second-order valence-corrected chi connectivity index (χ2v) is 27.4. The van der Waals surface area contributed by atoms with Gasteiger partial charge in [0.05, 0.1) is 56.0 Å². The van der Waals surface area contributed by atoms with Crippen LogP contribution in [0.5, 0.6) is 28.7 Å². The number of fused-ring (bicyclic) bond motifs is 4. The maximum absolute atomic E-state index is 13.0. The summed E-state index contributed by atoms with van der Waals surface area (Å²) in [5, 5.41) is 89.7. The lowest BCUT2D eigenvalue weighted by Crippen LogP contribution is -2.02. The third-order valence-corrected chi connectivity index (χ3v) is 18.2. The molecule has 0 spiro atoms. The first-order valence-electron chi connectivity index (χ1n) is 26.7. The number of phenols is 3. The third-order valence-electron chi connectivity index (χ3n) is 13.9. The monoisotopic (exact) mass is 1380 g/mol. The molecule has 0 saturated heterocycles. The van der Waals surface area contributed by atoms with Crippen LogP contribution in [0.3, 0.4) is 0 Å². The minimum absolute atomic E-state index is 0.00926. The molecular weight excluding hydrogens is 1340 g/mol. The zero-order valence-corrected chi connectivity index (χ0v) is 52.1. The zero-order chi connectivity index (χ0) is 68.0. The van der Waals surface area contributed by atoms with E-state index in [1.165, 1.54) is 85.8 Å². The number of aromatic hydroxyl groups is 3. The first-order valence-corrected chi connectivity index (χ1v) is 33.9. The SMILES string of the molecule is Cc1cc(N=Nc2c(S(=O)(=O)O)cc3cc(Nc4ccc5c(O)c(N=Nc6cc(C)c(N=Nc7cc(S(=O)(=O)O)cc8cc(S(=O)(=O)O)cc(O)c78)cc6OCCO)c(S(=O)(=O)O)cc5c4)ccc3c2O)c(OCCO)cc1N=Nc1cccc2ccc(S(=O)(=O)O)cc12. The van der Waals surface area contributed by atoms with Gasteiger partial charge in [-0.25, -0.2) is 0 Å². The summed E-state index contributed by atoms with van der Waals surface area (Å²) in [7, 11) is -24.8. The van der Waals surface area contributed by atoms with Crippen molar-refractivity contribution in [1.29, 1.82) is 0 Å². The molecule has 0 fully saturated rings. The van der Waals surface area contributed by atoms with Crippen molar-refractivity contribution in [2.24, 2.45) is 40.9 Å². The van der Waals surface area contributed by atoms with Crippen LogP contribution in [0, 0.1) is 13.8 Å². The zero-order valence-electron chi connectivity index (χ0n) is 48.0. The fourth-order valence-electron chi connectivity index (χ4n) is 9.55. The smallest absolute Gasteiger partial charge is 0.296 e. The Balaban J connectivity index is 0.938. The summed E-state index contributed by atoms with van der Waals surface area (Å²) in [4.78, 5) is -3.79. The Morgan fingerprint density at radius 1 is 0.383 bits per heavy atom. The maximum atomic E-state index is 13.0. The topological polar surface area (TPSA) is 502 Å². The summed E-state index contributed by atoms with van der Waals surface area (Å²) < 4.78 is 185. The Morgan fingerprint density at radius 3 is 1.29 bits per heavy atom. The fourth-order valence-corrected chi connectivity index (χ4v) is 12.4. The van der Waals surface area contributed by atoms with Gasteiger partial charge < -0.3 is 40.3 Å². The second kappa shape index (κ2) is 25.8. The van der Waals surface area contributed by atoms with Crippen molar-refractivity contribution in [3.63, 3.8) is 0 Å². The van der Waals surface area contributed by atoms with E-state index in [2.05, 4.69) is 46.2 Å². The molecule has 0 atom stereocenters. The van der Waals surface area contributed by atoms with Gasteiger partial charge in [-0.2, -0.15) is 52.3 Å². The van der Waals surface area contributed by atoms with E-state index in [1.54, 1.807) is 25.1 Å². The van der Waals surface area contributed by atoms with Gasteiger partial charge in [0.25, 0.3) is 50.6 Å². The van der Waals surface area contributed by atoms with Crippen LogP contribution in [0.25, 0.3) is 43.1 Å². The standard InChI is InChI=1S/C58H47N9O22S5/c1-29-16-46(50(88-14-12-68)27-44(29)61-60-43-5-3-4-31-6-9-37(24-42(31)43)90(73,74)75)63-66-55-52(93(82,83)84)22-32-18-35(7-10-40(32)57(55)71)59-36-8-11-41-33(19-36)23-53(94(85,86)87)56(58(41)72)67-64-47-17-30(2)45(28-51(47)89-15-13-69)62-65-48-25-38(91(76,77)78)20-34-21-39(92(79,80)81)26-49(70)54(34)48/h3-11,16-28,59,68-72H,12-15H2,1-2H3,(H,73,74,75)(H,76,77,78)(H,79,80,81)(H,82,83,84)(H,85,86,87). The lowest BCUT2D eigenvalue weighted by molar-refractivity contribution is 0.202. The molecule has 0 aliphatic rings. The van der Waals surface area contributed by atoms with Gasteiger partial charge in [-0.05, 0) is 144 Å². The summed E-state index contributed by atoms with van der Waals surface area (Å²) in [6.07, 6.45) is 0. The summed E-state index contributed by atoms with van der Waals surface area (Å²) in [6.45, 7) is 1.45. The van der Waals surface area contributed by atoms with Crippen LogP contribution in [0.2, 0.25) is 0 Å². The van der Waals surface area contributed by atoms with Crippen molar-refractivity contribution in [3.8, 4) is 28.7 Å². The van der Waals surface area contributed by atoms with Gasteiger partial charge in [0.15, 0.2) is 11.5 Å². The number of aliphatic hydroxyl groups is 2.